The number of ether oxygens (including phenoxy) is 4. The summed E-state index contributed by atoms with van der Waals surface area (Å²) in [6, 6.07) is 17.1. The molecule has 0 saturated heterocycles. The molecule has 3 aromatic rings. The van der Waals surface area contributed by atoms with Crippen molar-refractivity contribution in [1.29, 1.82) is 0 Å². The zero-order valence-electron chi connectivity index (χ0n) is 43.6. The molecule has 6 rings (SSSR count). The van der Waals surface area contributed by atoms with E-state index in [2.05, 4.69) is 95.0 Å². The molecule has 17 nitrogen and oxygen atoms in total. The Bertz CT molecular complexity index is 2920. The first-order valence-electron chi connectivity index (χ1n) is 25.5. The van der Waals surface area contributed by atoms with Gasteiger partial charge in [0.05, 0.1) is 54.8 Å². The SMILES string of the molecule is CCCC[N+]1=C(/C=C/C2=C(Oc3ccc(S(=O)(=O)O)cc3)C(=C/C=C3/N(CCCCCC(=O)NCCOCCOCCOCCN=[N+]=[N-])c4ccc(S(=O)(=O)O)cc4C3(C)C)/CCC2)C(C)(C)c2cc(C)ccc21. The summed E-state index contributed by atoms with van der Waals surface area (Å²) in [6.45, 7) is 17.2. The van der Waals surface area contributed by atoms with Crippen LogP contribution in [0.3, 0.4) is 0 Å². The number of amides is 1. The van der Waals surface area contributed by atoms with Crippen molar-refractivity contribution in [1.82, 2.24) is 5.32 Å². The standard InChI is InChI=1S/C55H72N6O11S2/c1-7-8-30-60-48-24-16-40(2)38-46(48)54(3,4)50(60)26-17-41-13-12-14-42(53(41)72-43-19-21-44(22-20-43)73(63,64)65)18-27-51-55(5,6)47-39-45(74(66,67)68)23-25-49(47)61(51)31-11-9-10-15-52(62)57-28-32-69-34-36-71-37-35-70-33-29-58-59-56/h16-27,38-39H,7-15,28-37H2,1-6H3,(H2-,57,62,63,64,65,66,67,68)/p+1. The lowest BCUT2D eigenvalue weighted by molar-refractivity contribution is -0.438. The average Bonchev–Trinajstić information content (AvgIpc) is 3.69. The van der Waals surface area contributed by atoms with E-state index in [1.54, 1.807) is 12.1 Å². The van der Waals surface area contributed by atoms with Gasteiger partial charge in [-0.05, 0) is 136 Å². The molecule has 19 heteroatoms. The van der Waals surface area contributed by atoms with Crippen LogP contribution in [0.15, 0.2) is 122 Å². The highest BCUT2D eigenvalue weighted by atomic mass is 32.2. The van der Waals surface area contributed by atoms with Gasteiger partial charge in [-0.15, -0.1) is 0 Å². The molecule has 0 fully saturated rings. The van der Waals surface area contributed by atoms with Gasteiger partial charge < -0.3 is 29.2 Å². The van der Waals surface area contributed by atoms with Crippen molar-refractivity contribution in [2.75, 3.05) is 70.7 Å². The van der Waals surface area contributed by atoms with Crippen molar-refractivity contribution in [2.45, 2.75) is 120 Å². The predicted molar refractivity (Wildman–Crippen MR) is 287 cm³/mol. The van der Waals surface area contributed by atoms with Crippen LogP contribution in [0, 0.1) is 6.92 Å². The van der Waals surface area contributed by atoms with E-state index in [-0.39, 0.29) is 27.7 Å². The van der Waals surface area contributed by atoms with Gasteiger partial charge in [0.15, 0.2) is 5.71 Å². The minimum absolute atomic E-state index is 0.0676. The molecule has 3 aliphatic rings. The number of nitrogens with one attached hydrogen (secondary N) is 1. The van der Waals surface area contributed by atoms with E-state index in [1.165, 1.54) is 52.9 Å². The first-order chi connectivity index (χ1) is 35.3. The molecule has 0 spiro atoms. The van der Waals surface area contributed by atoms with Crippen LogP contribution in [-0.2, 0) is 50.1 Å². The number of anilines is 1. The second-order valence-electron chi connectivity index (χ2n) is 19.8. The largest absolute Gasteiger partial charge is 0.457 e. The summed E-state index contributed by atoms with van der Waals surface area (Å²) in [6.07, 6.45) is 15.3. The highest BCUT2D eigenvalue weighted by molar-refractivity contribution is 7.86. The molecule has 74 heavy (non-hydrogen) atoms. The van der Waals surface area contributed by atoms with Gasteiger partial charge in [0, 0.05) is 71.9 Å². The number of hydrogen-bond donors (Lipinski definition) is 3. The third kappa shape index (κ3) is 15.0. The predicted octanol–water partition coefficient (Wildman–Crippen LogP) is 10.4. The Morgan fingerprint density at radius 3 is 2.19 bits per heavy atom. The maximum absolute atomic E-state index is 12.7. The van der Waals surface area contributed by atoms with Gasteiger partial charge in [0.1, 0.15) is 18.1 Å². The van der Waals surface area contributed by atoms with Crippen molar-refractivity contribution in [3.8, 4) is 5.75 Å². The monoisotopic (exact) mass is 1060 g/mol. The van der Waals surface area contributed by atoms with E-state index in [0.717, 1.165) is 73.2 Å². The number of carbonyl (C=O) groups is 1. The van der Waals surface area contributed by atoms with Crippen molar-refractivity contribution >= 4 is 43.2 Å². The van der Waals surface area contributed by atoms with Gasteiger partial charge in [-0.2, -0.15) is 21.4 Å². The van der Waals surface area contributed by atoms with E-state index in [4.69, 9.17) is 24.5 Å². The number of rotatable bonds is 28. The van der Waals surface area contributed by atoms with Crippen LogP contribution >= 0.6 is 0 Å². The second-order valence-corrected chi connectivity index (χ2v) is 22.6. The summed E-state index contributed by atoms with van der Waals surface area (Å²) >= 11 is 0. The maximum atomic E-state index is 12.7. The normalized spacial score (nSPS) is 17.3. The lowest BCUT2D eigenvalue weighted by Gasteiger charge is -2.27. The molecule has 1 amide bonds. The second kappa shape index (κ2) is 26.2. The van der Waals surface area contributed by atoms with Crippen LogP contribution in [0.5, 0.6) is 5.75 Å². The number of unbranched alkanes of at least 4 members (excludes halogenated alkanes) is 3. The Morgan fingerprint density at radius 2 is 1.50 bits per heavy atom. The van der Waals surface area contributed by atoms with Gasteiger partial charge in [0.25, 0.3) is 20.2 Å². The van der Waals surface area contributed by atoms with Crippen LogP contribution in [0.4, 0.5) is 11.4 Å². The highest BCUT2D eigenvalue weighted by Crippen LogP contribution is 2.49. The van der Waals surface area contributed by atoms with Gasteiger partial charge >= 0.3 is 0 Å². The fourth-order valence-corrected chi connectivity index (χ4v) is 10.7. The Kier molecular flexibility index (Phi) is 20.4. The topological polar surface area (TPSA) is 230 Å². The molecule has 0 atom stereocenters. The molecular weight excluding hydrogens is 985 g/mol. The number of allylic oxidation sites excluding steroid dienone is 7. The van der Waals surface area contributed by atoms with E-state index >= 15 is 0 Å². The third-order valence-electron chi connectivity index (χ3n) is 13.6. The Balaban J connectivity index is 1.22. The van der Waals surface area contributed by atoms with Crippen LogP contribution in [0.2, 0.25) is 0 Å². The van der Waals surface area contributed by atoms with Gasteiger partial charge in [-0.1, -0.05) is 56.4 Å². The van der Waals surface area contributed by atoms with Crippen LogP contribution < -0.4 is 15.0 Å². The minimum Gasteiger partial charge on any atom is -0.457 e. The van der Waals surface area contributed by atoms with E-state index in [9.17, 15) is 30.7 Å². The van der Waals surface area contributed by atoms with Crippen molar-refractivity contribution in [2.24, 2.45) is 5.11 Å². The summed E-state index contributed by atoms with van der Waals surface area (Å²) in [5.41, 5.74) is 16.6. The lowest BCUT2D eigenvalue weighted by atomic mass is 9.80. The fourth-order valence-electron chi connectivity index (χ4n) is 9.69. The molecule has 2 heterocycles. The summed E-state index contributed by atoms with van der Waals surface area (Å²) < 4.78 is 94.0. The summed E-state index contributed by atoms with van der Waals surface area (Å²) in [4.78, 5) is 17.1. The summed E-state index contributed by atoms with van der Waals surface area (Å²) in [5.74, 6) is 0.970. The van der Waals surface area contributed by atoms with E-state index < -0.39 is 25.7 Å². The first kappa shape index (κ1) is 57.6. The summed E-state index contributed by atoms with van der Waals surface area (Å²) in [5, 5.41) is 6.31. The highest BCUT2D eigenvalue weighted by Gasteiger charge is 2.44. The molecule has 0 unspecified atom stereocenters. The maximum Gasteiger partial charge on any atom is 0.294 e. The van der Waals surface area contributed by atoms with E-state index in [0.29, 0.717) is 83.5 Å². The zero-order valence-corrected chi connectivity index (χ0v) is 45.3. The van der Waals surface area contributed by atoms with Crippen molar-refractivity contribution in [3.63, 3.8) is 0 Å². The molecule has 0 saturated carbocycles. The molecule has 400 valence electrons. The van der Waals surface area contributed by atoms with Crippen molar-refractivity contribution < 1.29 is 54.3 Å². The fraction of sp³-hybridized carbons (Fsp3) is 0.491. The van der Waals surface area contributed by atoms with Crippen molar-refractivity contribution in [3.05, 3.63) is 135 Å². The molecular formula is C55H73N6O11S2+. The molecule has 0 aromatic heterocycles. The number of carbonyl (C=O) groups excluding carboxylic acids is 1. The number of nitrogens with zero attached hydrogens (tertiary/aromatic N) is 5. The summed E-state index contributed by atoms with van der Waals surface area (Å²) in [7, 11) is -8.91. The third-order valence-corrected chi connectivity index (χ3v) is 15.4. The Labute approximate surface area is 437 Å². The molecule has 1 aliphatic carbocycles. The minimum atomic E-state index is -4.49. The number of fused-ring (bicyclic) bond motifs is 2. The number of aryl methyl sites for hydroxylation is 1. The Hall–Kier alpha value is -5.63. The zero-order chi connectivity index (χ0) is 53.5. The molecule has 3 N–H and O–H groups in total. The number of azide groups is 1. The average molecular weight is 1060 g/mol. The molecule has 0 bridgehead atoms. The van der Waals surface area contributed by atoms with E-state index in [1.807, 2.05) is 13.8 Å². The quantitative estimate of drug-likeness (QED) is 0.0154. The lowest BCUT2D eigenvalue weighted by Crippen LogP contribution is -2.28. The van der Waals surface area contributed by atoms with Gasteiger partial charge in [-0.3, -0.25) is 13.9 Å². The molecule has 3 aromatic carbocycles. The van der Waals surface area contributed by atoms with Crippen LogP contribution in [0.25, 0.3) is 10.4 Å². The first-order valence-corrected chi connectivity index (χ1v) is 28.4. The molecule has 0 radical (unpaired) electrons. The number of hydrogen-bond acceptors (Lipinski definition) is 11. The van der Waals surface area contributed by atoms with Crippen LogP contribution in [0.1, 0.15) is 109 Å². The Morgan fingerprint density at radius 1 is 0.811 bits per heavy atom. The van der Waals surface area contributed by atoms with Crippen LogP contribution in [-0.4, -0.2) is 108 Å². The number of benzene rings is 3. The smallest absolute Gasteiger partial charge is 0.294 e. The van der Waals surface area contributed by atoms with Gasteiger partial charge in [-0.25, -0.2) is 0 Å². The van der Waals surface area contributed by atoms with Gasteiger partial charge in [0.2, 0.25) is 11.6 Å². The molecule has 2 aliphatic heterocycles.